The summed E-state index contributed by atoms with van der Waals surface area (Å²) in [7, 11) is 2.10. The lowest BCUT2D eigenvalue weighted by atomic mass is 10.1. The predicted molar refractivity (Wildman–Crippen MR) is 108 cm³/mol. The Balaban J connectivity index is 0.00000196. The molecule has 2 heterocycles. The zero-order valence-corrected chi connectivity index (χ0v) is 18.7. The first-order valence-corrected chi connectivity index (χ1v) is 9.62. The normalized spacial score (nSPS) is 14.6. The molecule has 1 aliphatic rings. The third kappa shape index (κ3) is 3.47. The van der Waals surface area contributed by atoms with E-state index >= 15 is 0 Å². The van der Waals surface area contributed by atoms with E-state index < -0.39 is 0 Å². The highest BCUT2D eigenvalue weighted by atomic mass is 127. The van der Waals surface area contributed by atoms with E-state index in [4.69, 9.17) is 11.6 Å². The molecule has 134 valence electrons. The summed E-state index contributed by atoms with van der Waals surface area (Å²) in [5.41, 5.74) is 4.95. The summed E-state index contributed by atoms with van der Waals surface area (Å²) in [5, 5.41) is 3.27. The van der Waals surface area contributed by atoms with Crippen LogP contribution in [-0.2, 0) is 6.54 Å². The van der Waals surface area contributed by atoms with Crippen molar-refractivity contribution in [3.05, 3.63) is 69.8 Å². The third-order valence-corrected chi connectivity index (χ3v) is 6.04. The fourth-order valence-corrected chi connectivity index (χ4v) is 4.57. The van der Waals surface area contributed by atoms with Crippen LogP contribution >= 0.6 is 23.4 Å². The molecule has 2 aromatic carbocycles. The highest BCUT2D eigenvalue weighted by Gasteiger charge is 2.24. The zero-order valence-electron chi connectivity index (χ0n) is 15.0. The van der Waals surface area contributed by atoms with E-state index in [0.29, 0.717) is 0 Å². The lowest BCUT2D eigenvalue weighted by molar-refractivity contribution is -0.669. The van der Waals surface area contributed by atoms with Crippen molar-refractivity contribution in [2.24, 2.45) is 0 Å². The summed E-state index contributed by atoms with van der Waals surface area (Å²) in [4.78, 5) is 3.46. The number of benzene rings is 2. The number of aryl methyl sites for hydroxylation is 2. The molecule has 4 rings (SSSR count). The molecule has 0 fully saturated rings. The quantitative estimate of drug-likeness (QED) is 0.399. The number of nitrogens with zero attached hydrogens (tertiary/aromatic N) is 2. The molecule has 0 radical (unpaired) electrons. The Morgan fingerprint density at radius 2 is 1.92 bits per heavy atom. The second-order valence-electron chi connectivity index (χ2n) is 6.32. The summed E-state index contributed by atoms with van der Waals surface area (Å²) in [6.45, 7) is 5.27. The number of thioether (sulfide) groups is 1. The van der Waals surface area contributed by atoms with Gasteiger partial charge in [-0.05, 0) is 44.2 Å². The number of rotatable bonds is 2. The molecule has 0 atom stereocenters. The minimum Gasteiger partial charge on any atom is -1.00 e. The Morgan fingerprint density at radius 1 is 1.12 bits per heavy atom. The summed E-state index contributed by atoms with van der Waals surface area (Å²) in [5.74, 6) is 0. The fourth-order valence-electron chi connectivity index (χ4n) is 3.33. The number of pyridine rings is 1. The average Bonchev–Trinajstić information content (AvgIpc) is 2.90. The van der Waals surface area contributed by atoms with Crippen LogP contribution in [0.2, 0.25) is 5.02 Å². The smallest absolute Gasteiger partial charge is 0.212 e. The SMILES string of the molecule is CC[n+]1c(/C=C2/Sc3ccc(Cl)cc3N2C)ccc2cc(C)ccc21.[I-]. The Hall–Kier alpha value is -1.24. The van der Waals surface area contributed by atoms with Crippen molar-refractivity contribution in [1.29, 1.82) is 0 Å². The van der Waals surface area contributed by atoms with E-state index in [0.717, 1.165) is 11.6 Å². The van der Waals surface area contributed by atoms with E-state index in [-0.39, 0.29) is 24.0 Å². The van der Waals surface area contributed by atoms with Gasteiger partial charge in [0.2, 0.25) is 11.2 Å². The number of anilines is 1. The molecule has 0 N–H and O–H groups in total. The first-order chi connectivity index (χ1) is 12.1. The van der Waals surface area contributed by atoms with E-state index in [1.807, 2.05) is 12.1 Å². The van der Waals surface area contributed by atoms with Gasteiger partial charge < -0.3 is 28.9 Å². The molecule has 0 saturated carbocycles. The topological polar surface area (TPSA) is 7.12 Å². The van der Waals surface area contributed by atoms with Gasteiger partial charge in [0.1, 0.15) is 6.54 Å². The molecule has 1 aliphatic heterocycles. The number of halogens is 2. The van der Waals surface area contributed by atoms with Gasteiger partial charge in [-0.25, -0.2) is 0 Å². The molecule has 0 aliphatic carbocycles. The van der Waals surface area contributed by atoms with Crippen LogP contribution in [0.1, 0.15) is 18.2 Å². The molecule has 26 heavy (non-hydrogen) atoms. The minimum absolute atomic E-state index is 0. The third-order valence-electron chi connectivity index (χ3n) is 4.63. The second kappa shape index (κ2) is 7.79. The largest absolute Gasteiger partial charge is 1.00 e. The van der Waals surface area contributed by atoms with Crippen LogP contribution in [0.15, 0.2) is 58.5 Å². The zero-order chi connectivity index (χ0) is 17.6. The molecule has 3 aromatic rings. The average molecular weight is 495 g/mol. The monoisotopic (exact) mass is 494 g/mol. The molecule has 0 spiro atoms. The molecular formula is C21H20ClIN2S. The number of aromatic nitrogens is 1. The van der Waals surface area contributed by atoms with Gasteiger partial charge in [0.15, 0.2) is 0 Å². The maximum atomic E-state index is 6.16. The maximum absolute atomic E-state index is 6.16. The lowest BCUT2D eigenvalue weighted by Gasteiger charge is -2.13. The van der Waals surface area contributed by atoms with Crippen molar-refractivity contribution < 1.29 is 28.5 Å². The molecule has 2 nitrogen and oxygen atoms in total. The van der Waals surface area contributed by atoms with Crippen molar-refractivity contribution in [3.8, 4) is 0 Å². The Labute approximate surface area is 180 Å². The first kappa shape index (κ1) is 19.5. The molecule has 5 heteroatoms. The summed E-state index contributed by atoms with van der Waals surface area (Å²) in [6, 6.07) is 17.1. The van der Waals surface area contributed by atoms with Crippen LogP contribution in [0.3, 0.4) is 0 Å². The van der Waals surface area contributed by atoms with Crippen molar-refractivity contribution in [2.45, 2.75) is 25.3 Å². The number of fused-ring (bicyclic) bond motifs is 2. The first-order valence-electron chi connectivity index (χ1n) is 8.43. The van der Waals surface area contributed by atoms with Crippen molar-refractivity contribution in [3.63, 3.8) is 0 Å². The summed E-state index contributed by atoms with van der Waals surface area (Å²) < 4.78 is 2.37. The van der Waals surface area contributed by atoms with E-state index in [1.54, 1.807) is 11.8 Å². The van der Waals surface area contributed by atoms with Gasteiger partial charge >= 0.3 is 0 Å². The molecule has 0 bridgehead atoms. The van der Waals surface area contributed by atoms with Gasteiger partial charge in [-0.3, -0.25) is 0 Å². The van der Waals surface area contributed by atoms with Crippen LogP contribution in [-0.4, -0.2) is 7.05 Å². The van der Waals surface area contributed by atoms with Crippen molar-refractivity contribution in [1.82, 2.24) is 0 Å². The van der Waals surface area contributed by atoms with Crippen LogP contribution in [0.4, 0.5) is 5.69 Å². The molecular weight excluding hydrogens is 475 g/mol. The summed E-state index contributed by atoms with van der Waals surface area (Å²) >= 11 is 7.95. The highest BCUT2D eigenvalue weighted by molar-refractivity contribution is 8.03. The summed E-state index contributed by atoms with van der Waals surface area (Å²) in [6.07, 6.45) is 2.27. The van der Waals surface area contributed by atoms with E-state index in [1.165, 1.54) is 37.8 Å². The van der Waals surface area contributed by atoms with Crippen LogP contribution in [0.5, 0.6) is 0 Å². The van der Waals surface area contributed by atoms with Crippen LogP contribution in [0.25, 0.3) is 17.0 Å². The Morgan fingerprint density at radius 3 is 2.69 bits per heavy atom. The predicted octanol–water partition coefficient (Wildman–Crippen LogP) is 2.65. The van der Waals surface area contributed by atoms with Crippen LogP contribution in [0, 0.1) is 6.92 Å². The van der Waals surface area contributed by atoms with Gasteiger partial charge in [0.25, 0.3) is 0 Å². The second-order valence-corrected chi connectivity index (χ2v) is 7.82. The van der Waals surface area contributed by atoms with Gasteiger partial charge in [0, 0.05) is 40.6 Å². The van der Waals surface area contributed by atoms with E-state index in [9.17, 15) is 0 Å². The number of hydrogen-bond acceptors (Lipinski definition) is 2. The van der Waals surface area contributed by atoms with Crippen LogP contribution < -0.4 is 33.4 Å². The molecule has 0 amide bonds. The van der Waals surface area contributed by atoms with E-state index in [2.05, 4.69) is 72.8 Å². The lowest BCUT2D eigenvalue weighted by Crippen LogP contribution is -3.00. The Bertz CT molecular complexity index is 1020. The van der Waals surface area contributed by atoms with Gasteiger partial charge in [-0.1, -0.05) is 35.0 Å². The van der Waals surface area contributed by atoms with Gasteiger partial charge in [0.05, 0.1) is 10.7 Å². The number of hydrogen-bond donors (Lipinski definition) is 0. The van der Waals surface area contributed by atoms with Gasteiger partial charge in [-0.2, -0.15) is 4.57 Å². The molecule has 0 saturated heterocycles. The Kier molecular flexibility index (Phi) is 5.85. The minimum atomic E-state index is 0. The van der Waals surface area contributed by atoms with Gasteiger partial charge in [-0.15, -0.1) is 0 Å². The standard InChI is InChI=1S/C21H20ClN2S.HI/c1-4-24-17(8-6-15-11-14(2)5-9-18(15)24)13-21-23(3)19-12-16(22)7-10-20(19)25-21;/h5-13H,4H2,1-3H3;1H/q+1;/p-1. The van der Waals surface area contributed by atoms with Crippen molar-refractivity contribution in [2.75, 3.05) is 11.9 Å². The fraction of sp³-hybridized carbons (Fsp3) is 0.190. The maximum Gasteiger partial charge on any atom is 0.212 e. The van der Waals surface area contributed by atoms with Crippen molar-refractivity contribution >= 4 is 46.0 Å². The highest BCUT2D eigenvalue weighted by Crippen LogP contribution is 2.46. The molecule has 1 aromatic heterocycles. The molecule has 0 unspecified atom stereocenters.